The van der Waals surface area contributed by atoms with Crippen LogP contribution in [0.2, 0.25) is 0 Å². The Morgan fingerprint density at radius 3 is 2.65 bits per heavy atom. The molecule has 0 spiro atoms. The standard InChI is InChI=1S/C17H26N2O/c1-15-3-4-16-5-8-19(14-17(16)13-15)7-2-6-18-9-11-20-12-10-18/h3-4,13H,2,5-12,14H2,1H3. The van der Waals surface area contributed by atoms with Gasteiger partial charge >= 0.3 is 0 Å². The molecule has 0 radical (unpaired) electrons. The summed E-state index contributed by atoms with van der Waals surface area (Å²) in [4.78, 5) is 5.15. The van der Waals surface area contributed by atoms with E-state index in [1.54, 1.807) is 11.1 Å². The topological polar surface area (TPSA) is 15.7 Å². The van der Waals surface area contributed by atoms with Gasteiger partial charge in [0.1, 0.15) is 0 Å². The van der Waals surface area contributed by atoms with Gasteiger partial charge in [-0.05, 0) is 44.0 Å². The van der Waals surface area contributed by atoms with Crippen molar-refractivity contribution in [2.24, 2.45) is 0 Å². The minimum absolute atomic E-state index is 0.913. The van der Waals surface area contributed by atoms with Gasteiger partial charge in [-0.15, -0.1) is 0 Å². The number of hydrogen-bond donors (Lipinski definition) is 0. The summed E-state index contributed by atoms with van der Waals surface area (Å²) in [5, 5.41) is 0. The predicted octanol–water partition coefficient (Wildman–Crippen LogP) is 2.08. The molecule has 1 saturated heterocycles. The van der Waals surface area contributed by atoms with E-state index >= 15 is 0 Å². The van der Waals surface area contributed by atoms with Gasteiger partial charge in [-0.3, -0.25) is 9.80 Å². The summed E-state index contributed by atoms with van der Waals surface area (Å²) in [6, 6.07) is 6.92. The minimum atomic E-state index is 0.913. The lowest BCUT2D eigenvalue weighted by Crippen LogP contribution is -2.38. The highest BCUT2D eigenvalue weighted by atomic mass is 16.5. The third-order valence-corrected chi connectivity index (χ3v) is 4.51. The van der Waals surface area contributed by atoms with Gasteiger partial charge in [-0.1, -0.05) is 23.8 Å². The molecule has 0 bridgehead atoms. The summed E-state index contributed by atoms with van der Waals surface area (Å²) in [6.07, 6.45) is 2.49. The van der Waals surface area contributed by atoms with Crippen LogP contribution in [0.1, 0.15) is 23.1 Å². The Balaban J connectivity index is 1.45. The van der Waals surface area contributed by atoms with Gasteiger partial charge in [0.25, 0.3) is 0 Å². The van der Waals surface area contributed by atoms with Crippen LogP contribution in [0.3, 0.4) is 0 Å². The van der Waals surface area contributed by atoms with Crippen molar-refractivity contribution in [2.45, 2.75) is 26.3 Å². The zero-order valence-corrected chi connectivity index (χ0v) is 12.6. The van der Waals surface area contributed by atoms with Crippen LogP contribution >= 0.6 is 0 Å². The molecule has 1 aromatic carbocycles. The number of rotatable bonds is 4. The van der Waals surface area contributed by atoms with E-state index in [0.717, 1.165) is 32.8 Å². The zero-order valence-electron chi connectivity index (χ0n) is 12.6. The molecule has 3 nitrogen and oxygen atoms in total. The van der Waals surface area contributed by atoms with Crippen molar-refractivity contribution in [3.63, 3.8) is 0 Å². The molecule has 2 heterocycles. The predicted molar refractivity (Wildman–Crippen MR) is 82.0 cm³/mol. The van der Waals surface area contributed by atoms with Crippen molar-refractivity contribution < 1.29 is 4.74 Å². The van der Waals surface area contributed by atoms with Crippen LogP contribution in [-0.2, 0) is 17.7 Å². The molecule has 0 N–H and O–H groups in total. The monoisotopic (exact) mass is 274 g/mol. The van der Waals surface area contributed by atoms with E-state index in [9.17, 15) is 0 Å². The first-order valence-electron chi connectivity index (χ1n) is 7.92. The highest BCUT2D eigenvalue weighted by Gasteiger charge is 2.16. The molecular weight excluding hydrogens is 248 g/mol. The summed E-state index contributed by atoms with van der Waals surface area (Å²) in [5.74, 6) is 0. The molecule has 1 fully saturated rings. The Morgan fingerprint density at radius 1 is 1.00 bits per heavy atom. The van der Waals surface area contributed by atoms with E-state index in [-0.39, 0.29) is 0 Å². The van der Waals surface area contributed by atoms with Gasteiger partial charge in [-0.2, -0.15) is 0 Å². The summed E-state index contributed by atoms with van der Waals surface area (Å²) in [5.41, 5.74) is 4.49. The lowest BCUT2D eigenvalue weighted by molar-refractivity contribution is 0.0359. The van der Waals surface area contributed by atoms with E-state index in [1.165, 1.54) is 38.0 Å². The Hall–Kier alpha value is -0.900. The fraction of sp³-hybridized carbons (Fsp3) is 0.647. The van der Waals surface area contributed by atoms with E-state index in [0.29, 0.717) is 0 Å². The van der Waals surface area contributed by atoms with Gasteiger partial charge in [0.05, 0.1) is 13.2 Å². The molecule has 0 amide bonds. The third-order valence-electron chi connectivity index (χ3n) is 4.51. The van der Waals surface area contributed by atoms with E-state index in [1.807, 2.05) is 0 Å². The quantitative estimate of drug-likeness (QED) is 0.836. The average Bonchev–Trinajstić information content (AvgIpc) is 2.48. The fourth-order valence-corrected chi connectivity index (χ4v) is 3.28. The Bertz CT molecular complexity index is 441. The molecule has 0 aromatic heterocycles. The van der Waals surface area contributed by atoms with Crippen LogP contribution in [0.5, 0.6) is 0 Å². The molecule has 0 saturated carbocycles. The second-order valence-electron chi connectivity index (χ2n) is 6.11. The first-order valence-corrected chi connectivity index (χ1v) is 7.92. The van der Waals surface area contributed by atoms with Crippen molar-refractivity contribution in [3.8, 4) is 0 Å². The van der Waals surface area contributed by atoms with Gasteiger partial charge < -0.3 is 4.74 Å². The van der Waals surface area contributed by atoms with Crippen molar-refractivity contribution in [1.82, 2.24) is 9.80 Å². The molecule has 0 atom stereocenters. The molecule has 1 aromatic rings. The second-order valence-corrected chi connectivity index (χ2v) is 6.11. The van der Waals surface area contributed by atoms with Gasteiger partial charge in [0, 0.05) is 26.2 Å². The highest BCUT2D eigenvalue weighted by molar-refractivity contribution is 5.33. The molecule has 0 unspecified atom stereocenters. The number of benzene rings is 1. The van der Waals surface area contributed by atoms with Crippen LogP contribution in [0.4, 0.5) is 0 Å². The number of nitrogens with zero attached hydrogens (tertiary/aromatic N) is 2. The highest BCUT2D eigenvalue weighted by Crippen LogP contribution is 2.20. The number of ether oxygens (including phenoxy) is 1. The van der Waals surface area contributed by atoms with Crippen LogP contribution in [0, 0.1) is 6.92 Å². The summed E-state index contributed by atoms with van der Waals surface area (Å²) in [6.45, 7) is 11.1. The Morgan fingerprint density at radius 2 is 1.80 bits per heavy atom. The fourth-order valence-electron chi connectivity index (χ4n) is 3.28. The summed E-state index contributed by atoms with van der Waals surface area (Å²) >= 11 is 0. The molecule has 2 aliphatic heterocycles. The van der Waals surface area contributed by atoms with Gasteiger partial charge in [0.15, 0.2) is 0 Å². The Kier molecular flexibility index (Phi) is 4.71. The van der Waals surface area contributed by atoms with Gasteiger partial charge in [0.2, 0.25) is 0 Å². The Labute approximate surface area is 122 Å². The van der Waals surface area contributed by atoms with Crippen molar-refractivity contribution in [3.05, 3.63) is 34.9 Å². The van der Waals surface area contributed by atoms with Crippen LogP contribution in [0.25, 0.3) is 0 Å². The van der Waals surface area contributed by atoms with Crippen LogP contribution in [0.15, 0.2) is 18.2 Å². The minimum Gasteiger partial charge on any atom is -0.379 e. The number of hydrogen-bond acceptors (Lipinski definition) is 3. The third kappa shape index (κ3) is 3.60. The van der Waals surface area contributed by atoms with Crippen LogP contribution < -0.4 is 0 Å². The maximum atomic E-state index is 5.39. The molecule has 3 heteroatoms. The van der Waals surface area contributed by atoms with E-state index in [4.69, 9.17) is 4.74 Å². The molecule has 110 valence electrons. The number of fused-ring (bicyclic) bond motifs is 1. The largest absolute Gasteiger partial charge is 0.379 e. The lowest BCUT2D eigenvalue weighted by atomic mass is 9.98. The molecular formula is C17H26N2O. The van der Waals surface area contributed by atoms with E-state index < -0.39 is 0 Å². The molecule has 0 aliphatic carbocycles. The maximum Gasteiger partial charge on any atom is 0.0594 e. The SMILES string of the molecule is Cc1ccc2c(c1)CN(CCCN1CCOCC1)CC2. The molecule has 3 rings (SSSR count). The lowest BCUT2D eigenvalue weighted by Gasteiger charge is -2.31. The van der Waals surface area contributed by atoms with E-state index in [2.05, 4.69) is 34.9 Å². The van der Waals surface area contributed by atoms with Crippen LogP contribution in [-0.4, -0.2) is 55.7 Å². The average molecular weight is 274 g/mol. The summed E-state index contributed by atoms with van der Waals surface area (Å²) < 4.78 is 5.39. The zero-order chi connectivity index (χ0) is 13.8. The maximum absolute atomic E-state index is 5.39. The number of aryl methyl sites for hydroxylation is 1. The first-order chi connectivity index (χ1) is 9.81. The van der Waals surface area contributed by atoms with Gasteiger partial charge in [-0.25, -0.2) is 0 Å². The van der Waals surface area contributed by atoms with Crippen molar-refractivity contribution >= 4 is 0 Å². The first kappa shape index (κ1) is 14.1. The molecule has 2 aliphatic rings. The normalized spacial score (nSPS) is 20.9. The summed E-state index contributed by atoms with van der Waals surface area (Å²) in [7, 11) is 0. The smallest absolute Gasteiger partial charge is 0.0594 e. The second kappa shape index (κ2) is 6.70. The van der Waals surface area contributed by atoms with Crippen molar-refractivity contribution in [1.29, 1.82) is 0 Å². The molecule has 20 heavy (non-hydrogen) atoms. The number of morpholine rings is 1. The van der Waals surface area contributed by atoms with Crippen molar-refractivity contribution in [2.75, 3.05) is 45.9 Å².